The van der Waals surface area contributed by atoms with E-state index in [9.17, 15) is 9.59 Å². The van der Waals surface area contributed by atoms with Gasteiger partial charge >= 0.3 is 0 Å². The van der Waals surface area contributed by atoms with E-state index < -0.39 is 5.91 Å². The summed E-state index contributed by atoms with van der Waals surface area (Å²) in [6.07, 6.45) is 1.53. The van der Waals surface area contributed by atoms with Crippen LogP contribution in [0.15, 0.2) is 35.9 Å². The second-order valence-corrected chi connectivity index (χ2v) is 4.28. The first kappa shape index (κ1) is 12.8. The Balaban J connectivity index is 2.12. The highest BCUT2D eigenvalue weighted by Gasteiger charge is 2.27. The molecule has 2 amide bonds. The molecule has 0 aromatic heterocycles. The molecule has 0 saturated heterocycles. The molecule has 0 spiro atoms. The van der Waals surface area contributed by atoms with Gasteiger partial charge in [-0.3, -0.25) is 15.0 Å². The van der Waals surface area contributed by atoms with Gasteiger partial charge in [-0.05, 0) is 17.7 Å². The third-order valence-corrected chi connectivity index (χ3v) is 2.91. The van der Waals surface area contributed by atoms with Crippen molar-refractivity contribution in [1.29, 1.82) is 5.41 Å². The number of rotatable bonds is 4. The fraction of sp³-hybridized carbons (Fsp3) is 0.154. The number of carbonyl (C=O) groups excluding carboxylic acids is 2. The minimum atomic E-state index is -0.704. The van der Waals surface area contributed by atoms with E-state index in [1.54, 1.807) is 18.2 Å². The van der Waals surface area contributed by atoms with Crippen molar-refractivity contribution in [3.05, 3.63) is 47.0 Å². The average Bonchev–Trinajstić information content (AvgIpc) is 2.71. The first-order chi connectivity index (χ1) is 8.99. The first-order valence-electron chi connectivity index (χ1n) is 5.71. The summed E-state index contributed by atoms with van der Waals surface area (Å²) >= 11 is 0. The van der Waals surface area contributed by atoms with Crippen molar-refractivity contribution < 1.29 is 9.59 Å². The maximum Gasteiger partial charge on any atom is 0.259 e. The number of nitrogens with zero attached hydrogens (tertiary/aromatic N) is 1. The van der Waals surface area contributed by atoms with E-state index in [0.29, 0.717) is 18.7 Å². The summed E-state index contributed by atoms with van der Waals surface area (Å²) in [5.74, 6) is -1.09. The van der Waals surface area contributed by atoms with Gasteiger partial charge in [0.05, 0.1) is 0 Å². The molecule has 2 rings (SSSR count). The molecule has 98 valence electrons. The molecule has 0 fully saturated rings. The lowest BCUT2D eigenvalue weighted by Crippen LogP contribution is -2.30. The Morgan fingerprint density at radius 2 is 2.11 bits per heavy atom. The Labute approximate surface area is 110 Å². The molecule has 0 aliphatic carbocycles. The number of amides is 2. The highest BCUT2D eigenvalue weighted by molar-refractivity contribution is 6.19. The molecule has 0 unspecified atom stereocenters. The molecule has 19 heavy (non-hydrogen) atoms. The van der Waals surface area contributed by atoms with Gasteiger partial charge in [-0.25, -0.2) is 0 Å². The molecule has 0 atom stereocenters. The van der Waals surface area contributed by atoms with E-state index >= 15 is 0 Å². The van der Waals surface area contributed by atoms with Crippen LogP contribution in [0.5, 0.6) is 0 Å². The summed E-state index contributed by atoms with van der Waals surface area (Å²) < 4.78 is 0. The van der Waals surface area contributed by atoms with E-state index in [4.69, 9.17) is 16.9 Å². The number of carbonyl (C=O) groups is 2. The minimum Gasteiger partial charge on any atom is -0.384 e. The van der Waals surface area contributed by atoms with Crippen LogP contribution in [0.3, 0.4) is 0 Å². The molecular weight excluding hydrogens is 244 g/mol. The molecule has 6 heteroatoms. The van der Waals surface area contributed by atoms with Gasteiger partial charge in [-0.2, -0.15) is 0 Å². The van der Waals surface area contributed by atoms with E-state index in [2.05, 4.69) is 0 Å². The molecule has 0 saturated carbocycles. The summed E-state index contributed by atoms with van der Waals surface area (Å²) in [6.45, 7) is 0.717. The van der Waals surface area contributed by atoms with E-state index in [1.807, 2.05) is 6.07 Å². The van der Waals surface area contributed by atoms with Crippen LogP contribution < -0.4 is 11.5 Å². The zero-order valence-electron chi connectivity index (χ0n) is 10.2. The Morgan fingerprint density at radius 3 is 2.68 bits per heavy atom. The molecule has 1 aliphatic heterocycles. The molecule has 1 heterocycles. The monoisotopic (exact) mass is 258 g/mol. The quantitative estimate of drug-likeness (QED) is 0.392. The lowest BCUT2D eigenvalue weighted by atomic mass is 10.1. The van der Waals surface area contributed by atoms with Crippen LogP contribution in [-0.4, -0.2) is 29.1 Å². The number of nitrogen functional groups attached to an aromatic ring is 1. The van der Waals surface area contributed by atoms with Crippen LogP contribution in [0.4, 0.5) is 0 Å². The topological polar surface area (TPSA) is 113 Å². The van der Waals surface area contributed by atoms with Crippen LogP contribution in [0.2, 0.25) is 0 Å². The number of amidine groups is 1. The molecule has 0 bridgehead atoms. The lowest BCUT2D eigenvalue weighted by molar-refractivity contribution is -0.128. The molecule has 6 nitrogen and oxygen atoms in total. The zero-order valence-corrected chi connectivity index (χ0v) is 10.2. The standard InChI is InChI=1S/C13H14N4O2/c14-11(15)9-3-1-2-8(6-9)7-17-5-4-10(12(16)18)13(17)19/h1-4,6H,5,7H2,(H3,14,15)(H2,16,18). The normalized spacial score (nSPS) is 14.4. The van der Waals surface area contributed by atoms with Crippen molar-refractivity contribution in [2.24, 2.45) is 11.5 Å². The van der Waals surface area contributed by atoms with Crippen molar-refractivity contribution in [2.45, 2.75) is 6.54 Å². The zero-order chi connectivity index (χ0) is 14.0. The summed E-state index contributed by atoms with van der Waals surface area (Å²) in [4.78, 5) is 24.4. The molecule has 0 radical (unpaired) electrons. The van der Waals surface area contributed by atoms with Gasteiger partial charge in [0.2, 0.25) is 0 Å². The summed E-state index contributed by atoms with van der Waals surface area (Å²) in [6, 6.07) is 7.08. The second-order valence-electron chi connectivity index (χ2n) is 4.28. The summed E-state index contributed by atoms with van der Waals surface area (Å²) in [5, 5.41) is 7.37. The van der Waals surface area contributed by atoms with Crippen LogP contribution in [0.25, 0.3) is 0 Å². The van der Waals surface area contributed by atoms with Gasteiger partial charge in [-0.15, -0.1) is 0 Å². The van der Waals surface area contributed by atoms with Crippen LogP contribution in [-0.2, 0) is 16.1 Å². The molecule has 5 N–H and O–H groups in total. The maximum absolute atomic E-state index is 11.9. The predicted molar refractivity (Wildman–Crippen MR) is 70.2 cm³/mol. The molecule has 1 aliphatic rings. The van der Waals surface area contributed by atoms with Gasteiger partial charge in [0.15, 0.2) is 0 Å². The molecular formula is C13H14N4O2. The highest BCUT2D eigenvalue weighted by atomic mass is 16.2. The first-order valence-corrected chi connectivity index (χ1v) is 5.71. The van der Waals surface area contributed by atoms with Crippen LogP contribution in [0, 0.1) is 5.41 Å². The molecule has 1 aromatic carbocycles. The number of nitrogens with two attached hydrogens (primary N) is 2. The van der Waals surface area contributed by atoms with Crippen LogP contribution in [0.1, 0.15) is 11.1 Å². The predicted octanol–water partition coefficient (Wildman–Crippen LogP) is -0.275. The fourth-order valence-electron chi connectivity index (χ4n) is 1.94. The van der Waals surface area contributed by atoms with Crippen molar-refractivity contribution in [3.63, 3.8) is 0 Å². The van der Waals surface area contributed by atoms with E-state index in [-0.39, 0.29) is 17.3 Å². The highest BCUT2D eigenvalue weighted by Crippen LogP contribution is 2.15. The number of hydrogen-bond acceptors (Lipinski definition) is 3. The van der Waals surface area contributed by atoms with Crippen LogP contribution >= 0.6 is 0 Å². The van der Waals surface area contributed by atoms with Gasteiger partial charge in [0.25, 0.3) is 11.8 Å². The van der Waals surface area contributed by atoms with Gasteiger partial charge < -0.3 is 16.4 Å². The smallest absolute Gasteiger partial charge is 0.259 e. The minimum absolute atomic E-state index is 0.0226. The lowest BCUT2D eigenvalue weighted by Gasteiger charge is -2.16. The number of hydrogen-bond donors (Lipinski definition) is 3. The Hall–Kier alpha value is -2.63. The number of nitrogens with one attached hydrogen (secondary N) is 1. The van der Waals surface area contributed by atoms with Crippen molar-refractivity contribution in [2.75, 3.05) is 6.54 Å². The Morgan fingerprint density at radius 1 is 1.37 bits per heavy atom. The molecule has 1 aromatic rings. The summed E-state index contributed by atoms with van der Waals surface area (Å²) in [7, 11) is 0. The number of benzene rings is 1. The third kappa shape index (κ3) is 2.62. The second kappa shape index (κ2) is 4.93. The maximum atomic E-state index is 11.9. The fourth-order valence-corrected chi connectivity index (χ4v) is 1.94. The summed E-state index contributed by atoms with van der Waals surface area (Å²) in [5.41, 5.74) is 12.0. The van der Waals surface area contributed by atoms with Gasteiger partial charge in [-0.1, -0.05) is 18.2 Å². The Bertz CT molecular complexity index is 592. The van der Waals surface area contributed by atoms with Crippen molar-refractivity contribution >= 4 is 17.6 Å². The Kier molecular flexibility index (Phi) is 3.33. The van der Waals surface area contributed by atoms with Gasteiger partial charge in [0, 0.05) is 18.7 Å². The van der Waals surface area contributed by atoms with Crippen molar-refractivity contribution in [3.8, 4) is 0 Å². The van der Waals surface area contributed by atoms with E-state index in [0.717, 1.165) is 5.56 Å². The SMILES string of the molecule is N=C(N)c1cccc(CN2CC=C(C(N)=O)C2=O)c1. The van der Waals surface area contributed by atoms with Crippen molar-refractivity contribution in [1.82, 2.24) is 4.90 Å². The third-order valence-electron chi connectivity index (χ3n) is 2.91. The largest absolute Gasteiger partial charge is 0.384 e. The van der Waals surface area contributed by atoms with Gasteiger partial charge in [0.1, 0.15) is 11.4 Å². The van der Waals surface area contributed by atoms with E-state index in [1.165, 1.54) is 11.0 Å². The number of primary amides is 1. The average molecular weight is 258 g/mol.